The van der Waals surface area contributed by atoms with Crippen molar-refractivity contribution in [3.63, 3.8) is 0 Å². The van der Waals surface area contributed by atoms with Crippen LogP contribution in [0.1, 0.15) is 12.6 Å². The third-order valence-corrected chi connectivity index (χ3v) is 1.40. The molecule has 0 spiro atoms. The summed E-state index contributed by atoms with van der Waals surface area (Å²) < 4.78 is 5.24. The molecule has 0 saturated carbocycles. The highest BCUT2D eigenvalue weighted by molar-refractivity contribution is 6.29. The van der Waals surface area contributed by atoms with Gasteiger partial charge in [-0.2, -0.15) is 0 Å². The number of pyridine rings is 1. The fourth-order valence-electron chi connectivity index (χ4n) is 0.848. The van der Waals surface area contributed by atoms with Gasteiger partial charge in [0, 0.05) is 17.8 Å². The molecule has 0 aromatic carbocycles. The van der Waals surface area contributed by atoms with Crippen LogP contribution in [0, 0.1) is 6.92 Å². The van der Waals surface area contributed by atoms with E-state index in [1.165, 1.54) is 0 Å². The SMILES string of the molecule is CCOc1cc(C)nc(Cl)c1. The highest BCUT2D eigenvalue weighted by Gasteiger charge is 1.96. The Labute approximate surface area is 71.2 Å². The van der Waals surface area contributed by atoms with Gasteiger partial charge in [0.25, 0.3) is 0 Å². The van der Waals surface area contributed by atoms with E-state index < -0.39 is 0 Å². The van der Waals surface area contributed by atoms with Gasteiger partial charge in [-0.1, -0.05) is 11.6 Å². The van der Waals surface area contributed by atoms with E-state index in [4.69, 9.17) is 16.3 Å². The van der Waals surface area contributed by atoms with Gasteiger partial charge in [-0.05, 0) is 13.8 Å². The predicted molar refractivity (Wildman–Crippen MR) is 45.2 cm³/mol. The van der Waals surface area contributed by atoms with E-state index >= 15 is 0 Å². The Morgan fingerprint density at radius 3 is 2.82 bits per heavy atom. The zero-order valence-electron chi connectivity index (χ0n) is 6.60. The summed E-state index contributed by atoms with van der Waals surface area (Å²) in [6, 6.07) is 3.56. The minimum absolute atomic E-state index is 0.480. The van der Waals surface area contributed by atoms with Crippen LogP contribution in [-0.2, 0) is 0 Å². The number of ether oxygens (including phenoxy) is 1. The van der Waals surface area contributed by atoms with Crippen LogP contribution in [0.3, 0.4) is 0 Å². The minimum atomic E-state index is 0.480. The average molecular weight is 172 g/mol. The van der Waals surface area contributed by atoms with E-state index in [0.717, 1.165) is 11.4 Å². The monoisotopic (exact) mass is 171 g/mol. The molecule has 1 rings (SSSR count). The van der Waals surface area contributed by atoms with Gasteiger partial charge < -0.3 is 4.74 Å². The molecule has 0 bridgehead atoms. The number of aryl methyl sites for hydroxylation is 1. The Kier molecular flexibility index (Phi) is 2.71. The second-order valence-electron chi connectivity index (χ2n) is 2.20. The van der Waals surface area contributed by atoms with Crippen molar-refractivity contribution < 1.29 is 4.74 Å². The second-order valence-corrected chi connectivity index (χ2v) is 2.59. The first kappa shape index (κ1) is 8.34. The Balaban J connectivity index is 2.89. The van der Waals surface area contributed by atoms with Gasteiger partial charge >= 0.3 is 0 Å². The van der Waals surface area contributed by atoms with Crippen molar-refractivity contribution >= 4 is 11.6 Å². The number of nitrogens with zero attached hydrogens (tertiary/aromatic N) is 1. The summed E-state index contributed by atoms with van der Waals surface area (Å²) in [5.41, 5.74) is 0.876. The molecule has 0 N–H and O–H groups in total. The van der Waals surface area contributed by atoms with Crippen molar-refractivity contribution in [2.45, 2.75) is 13.8 Å². The second kappa shape index (κ2) is 3.58. The molecule has 0 atom stereocenters. The van der Waals surface area contributed by atoms with Gasteiger partial charge in [0.05, 0.1) is 6.61 Å². The number of hydrogen-bond acceptors (Lipinski definition) is 2. The van der Waals surface area contributed by atoms with Crippen LogP contribution < -0.4 is 4.74 Å². The lowest BCUT2D eigenvalue weighted by molar-refractivity contribution is 0.339. The number of hydrogen-bond donors (Lipinski definition) is 0. The summed E-state index contributed by atoms with van der Waals surface area (Å²) >= 11 is 5.69. The fourth-order valence-corrected chi connectivity index (χ4v) is 1.09. The molecule has 1 heterocycles. The van der Waals surface area contributed by atoms with Crippen LogP contribution in [0.15, 0.2) is 12.1 Å². The van der Waals surface area contributed by atoms with Crippen molar-refractivity contribution in [1.29, 1.82) is 0 Å². The molecule has 1 aromatic heterocycles. The summed E-state index contributed by atoms with van der Waals surface area (Å²) in [4.78, 5) is 4.00. The molecule has 11 heavy (non-hydrogen) atoms. The Bertz CT molecular complexity index is 230. The molecule has 3 heteroatoms. The molecule has 0 aliphatic rings. The van der Waals surface area contributed by atoms with Crippen LogP contribution in [0.5, 0.6) is 5.75 Å². The summed E-state index contributed by atoms with van der Waals surface area (Å²) in [5.74, 6) is 0.782. The molecule has 0 aliphatic carbocycles. The maximum atomic E-state index is 5.69. The summed E-state index contributed by atoms with van der Waals surface area (Å²) in [7, 11) is 0. The zero-order chi connectivity index (χ0) is 8.27. The van der Waals surface area contributed by atoms with E-state index in [0.29, 0.717) is 11.8 Å². The summed E-state index contributed by atoms with van der Waals surface area (Å²) in [6.07, 6.45) is 0. The first-order chi connectivity index (χ1) is 5.22. The van der Waals surface area contributed by atoms with Crippen LogP contribution in [-0.4, -0.2) is 11.6 Å². The van der Waals surface area contributed by atoms with E-state index in [-0.39, 0.29) is 0 Å². The zero-order valence-corrected chi connectivity index (χ0v) is 7.35. The van der Waals surface area contributed by atoms with Crippen LogP contribution >= 0.6 is 11.6 Å². The van der Waals surface area contributed by atoms with Gasteiger partial charge in [0.1, 0.15) is 10.9 Å². The molecule has 0 fully saturated rings. The molecule has 2 nitrogen and oxygen atoms in total. The van der Waals surface area contributed by atoms with Gasteiger partial charge in [-0.3, -0.25) is 0 Å². The summed E-state index contributed by atoms with van der Waals surface area (Å²) in [6.45, 7) is 4.47. The van der Waals surface area contributed by atoms with Crippen molar-refractivity contribution in [3.05, 3.63) is 23.0 Å². The topological polar surface area (TPSA) is 22.1 Å². The first-order valence-electron chi connectivity index (χ1n) is 3.49. The third kappa shape index (κ3) is 2.39. The lowest BCUT2D eigenvalue weighted by atomic mass is 10.3. The molecule has 60 valence electrons. The number of halogens is 1. The van der Waals surface area contributed by atoms with E-state index in [1.54, 1.807) is 6.07 Å². The Morgan fingerprint density at radius 2 is 2.27 bits per heavy atom. The molecule has 0 unspecified atom stereocenters. The highest BCUT2D eigenvalue weighted by atomic mass is 35.5. The largest absolute Gasteiger partial charge is 0.494 e. The smallest absolute Gasteiger partial charge is 0.133 e. The Hall–Kier alpha value is -0.760. The van der Waals surface area contributed by atoms with Gasteiger partial charge in [0.15, 0.2) is 0 Å². The van der Waals surface area contributed by atoms with Crippen LogP contribution in [0.2, 0.25) is 5.15 Å². The van der Waals surface area contributed by atoms with Crippen LogP contribution in [0.4, 0.5) is 0 Å². The quantitative estimate of drug-likeness (QED) is 0.638. The predicted octanol–water partition coefficient (Wildman–Crippen LogP) is 2.44. The lowest BCUT2D eigenvalue weighted by Crippen LogP contribution is -1.92. The highest BCUT2D eigenvalue weighted by Crippen LogP contribution is 2.16. The lowest BCUT2D eigenvalue weighted by Gasteiger charge is -2.03. The maximum absolute atomic E-state index is 5.69. The molecule has 1 aromatic rings. The van der Waals surface area contributed by atoms with E-state index in [2.05, 4.69) is 4.98 Å². The Morgan fingerprint density at radius 1 is 1.55 bits per heavy atom. The molecular formula is C8H10ClNO. The van der Waals surface area contributed by atoms with E-state index in [9.17, 15) is 0 Å². The first-order valence-corrected chi connectivity index (χ1v) is 3.87. The fraction of sp³-hybridized carbons (Fsp3) is 0.375. The molecule has 0 saturated heterocycles. The minimum Gasteiger partial charge on any atom is -0.494 e. The van der Waals surface area contributed by atoms with Crippen LogP contribution in [0.25, 0.3) is 0 Å². The van der Waals surface area contributed by atoms with Crippen molar-refractivity contribution in [3.8, 4) is 5.75 Å². The van der Waals surface area contributed by atoms with E-state index in [1.807, 2.05) is 19.9 Å². The summed E-state index contributed by atoms with van der Waals surface area (Å²) in [5, 5.41) is 0.480. The standard InChI is InChI=1S/C8H10ClNO/c1-3-11-7-4-6(2)10-8(9)5-7/h4-5H,3H2,1-2H3. The van der Waals surface area contributed by atoms with Crippen molar-refractivity contribution in [1.82, 2.24) is 4.98 Å². The van der Waals surface area contributed by atoms with Gasteiger partial charge in [0.2, 0.25) is 0 Å². The molecule has 0 aliphatic heterocycles. The molecular weight excluding hydrogens is 162 g/mol. The van der Waals surface area contributed by atoms with Crippen molar-refractivity contribution in [2.24, 2.45) is 0 Å². The number of aromatic nitrogens is 1. The van der Waals surface area contributed by atoms with Crippen molar-refractivity contribution in [2.75, 3.05) is 6.61 Å². The normalized spacial score (nSPS) is 9.73. The third-order valence-electron chi connectivity index (χ3n) is 1.21. The van der Waals surface area contributed by atoms with Gasteiger partial charge in [-0.25, -0.2) is 4.98 Å². The average Bonchev–Trinajstić information content (AvgIpc) is 1.85. The number of rotatable bonds is 2. The van der Waals surface area contributed by atoms with Gasteiger partial charge in [-0.15, -0.1) is 0 Å². The molecule has 0 radical (unpaired) electrons. The maximum Gasteiger partial charge on any atom is 0.133 e. The molecule has 0 amide bonds.